The highest BCUT2D eigenvalue weighted by molar-refractivity contribution is 5.99. The van der Waals surface area contributed by atoms with E-state index in [1.165, 1.54) is 0 Å². The molecule has 2 aromatic heterocycles. The molecule has 0 radical (unpaired) electrons. The fraction of sp³-hybridized carbons (Fsp3) is 0.529. The topological polar surface area (TPSA) is 80.1 Å². The molecular formula is C17H23N5O2. The lowest BCUT2D eigenvalue weighted by Crippen LogP contribution is -2.38. The summed E-state index contributed by atoms with van der Waals surface area (Å²) >= 11 is 0. The molecule has 1 aliphatic rings. The minimum atomic E-state index is -0.272. The first-order chi connectivity index (χ1) is 11.5. The lowest BCUT2D eigenvalue weighted by molar-refractivity contribution is -0.129. The van der Waals surface area contributed by atoms with Crippen LogP contribution in [-0.2, 0) is 4.79 Å². The van der Waals surface area contributed by atoms with Crippen molar-refractivity contribution in [3.63, 3.8) is 0 Å². The van der Waals surface area contributed by atoms with Gasteiger partial charge in [-0.25, -0.2) is 9.67 Å². The van der Waals surface area contributed by atoms with E-state index in [2.05, 4.69) is 15.4 Å². The molecule has 1 aliphatic heterocycles. The van der Waals surface area contributed by atoms with Gasteiger partial charge in [-0.1, -0.05) is 0 Å². The van der Waals surface area contributed by atoms with E-state index in [4.69, 9.17) is 0 Å². The number of pyridine rings is 1. The van der Waals surface area contributed by atoms with Crippen LogP contribution in [0, 0.1) is 6.92 Å². The zero-order valence-corrected chi connectivity index (χ0v) is 14.4. The molecule has 7 nitrogen and oxygen atoms in total. The molecule has 128 valence electrons. The lowest BCUT2D eigenvalue weighted by Gasteiger charge is -2.15. The van der Waals surface area contributed by atoms with E-state index >= 15 is 0 Å². The van der Waals surface area contributed by atoms with Gasteiger partial charge in [0.2, 0.25) is 5.91 Å². The number of likely N-dealkylation sites (tertiary alicyclic amines) is 1. The average molecular weight is 329 g/mol. The molecular weight excluding hydrogens is 306 g/mol. The van der Waals surface area contributed by atoms with Gasteiger partial charge in [0.1, 0.15) is 0 Å². The van der Waals surface area contributed by atoms with Crippen molar-refractivity contribution in [1.82, 2.24) is 25.0 Å². The van der Waals surface area contributed by atoms with E-state index in [1.54, 1.807) is 24.1 Å². The number of carbonyl (C=O) groups excluding carboxylic acids is 2. The highest BCUT2D eigenvalue weighted by atomic mass is 16.2. The van der Waals surface area contributed by atoms with Crippen LogP contribution in [0.25, 0.3) is 11.0 Å². The lowest BCUT2D eigenvalue weighted by atomic mass is 10.1. The Morgan fingerprint density at radius 3 is 2.67 bits per heavy atom. The summed E-state index contributed by atoms with van der Waals surface area (Å²) in [6, 6.07) is 1.99. The van der Waals surface area contributed by atoms with Crippen molar-refractivity contribution in [2.75, 3.05) is 19.6 Å². The number of hydrogen-bond donors (Lipinski definition) is 1. The van der Waals surface area contributed by atoms with Crippen molar-refractivity contribution in [2.24, 2.45) is 0 Å². The second-order valence-corrected chi connectivity index (χ2v) is 6.49. The zero-order chi connectivity index (χ0) is 17.3. The van der Waals surface area contributed by atoms with Gasteiger partial charge >= 0.3 is 0 Å². The Morgan fingerprint density at radius 2 is 2.00 bits per heavy atom. The summed E-state index contributed by atoms with van der Waals surface area (Å²) in [6.07, 6.45) is 3.80. The number of aryl methyl sites for hydroxylation is 1. The van der Waals surface area contributed by atoms with Gasteiger partial charge in [0, 0.05) is 24.5 Å². The Balaban J connectivity index is 1.74. The molecule has 3 heterocycles. The molecule has 0 bridgehead atoms. The van der Waals surface area contributed by atoms with Gasteiger partial charge < -0.3 is 10.2 Å². The Morgan fingerprint density at radius 1 is 1.29 bits per heavy atom. The number of carbonyl (C=O) groups is 2. The fourth-order valence-electron chi connectivity index (χ4n) is 3.00. The molecule has 0 aromatic carbocycles. The first-order valence-corrected chi connectivity index (χ1v) is 8.38. The van der Waals surface area contributed by atoms with Gasteiger partial charge in [-0.15, -0.1) is 0 Å². The van der Waals surface area contributed by atoms with Crippen molar-refractivity contribution in [1.29, 1.82) is 0 Å². The van der Waals surface area contributed by atoms with Crippen LogP contribution < -0.4 is 5.32 Å². The maximum Gasteiger partial charge on any atom is 0.253 e. The van der Waals surface area contributed by atoms with E-state index < -0.39 is 0 Å². The summed E-state index contributed by atoms with van der Waals surface area (Å²) in [5, 5.41) is 7.86. The van der Waals surface area contributed by atoms with Gasteiger partial charge in [0.15, 0.2) is 5.65 Å². The van der Waals surface area contributed by atoms with Crippen LogP contribution in [0.1, 0.15) is 48.8 Å². The largest absolute Gasteiger partial charge is 0.343 e. The summed E-state index contributed by atoms with van der Waals surface area (Å²) in [5.74, 6) is -0.299. The van der Waals surface area contributed by atoms with Crippen LogP contribution in [0.3, 0.4) is 0 Å². The summed E-state index contributed by atoms with van der Waals surface area (Å²) in [4.78, 5) is 30.8. The monoisotopic (exact) mass is 329 g/mol. The van der Waals surface area contributed by atoms with Crippen LogP contribution >= 0.6 is 0 Å². The Labute approximate surface area is 141 Å². The van der Waals surface area contributed by atoms with Crippen molar-refractivity contribution >= 4 is 22.8 Å². The number of nitrogens with zero attached hydrogens (tertiary/aromatic N) is 4. The molecule has 2 aromatic rings. The molecule has 0 atom stereocenters. The highest BCUT2D eigenvalue weighted by Crippen LogP contribution is 2.19. The number of hydrogen-bond acceptors (Lipinski definition) is 4. The second-order valence-electron chi connectivity index (χ2n) is 6.49. The van der Waals surface area contributed by atoms with Crippen molar-refractivity contribution in [3.05, 3.63) is 23.5 Å². The summed E-state index contributed by atoms with van der Waals surface area (Å²) in [5.41, 5.74) is 1.89. The maximum absolute atomic E-state index is 12.4. The average Bonchev–Trinajstić information content (AvgIpc) is 3.20. The van der Waals surface area contributed by atoms with E-state index in [-0.39, 0.29) is 24.4 Å². The summed E-state index contributed by atoms with van der Waals surface area (Å²) in [7, 11) is 0. The number of rotatable bonds is 4. The Bertz CT molecular complexity index is 775. The predicted octanol–water partition coefficient (Wildman–Crippen LogP) is 1.67. The maximum atomic E-state index is 12.4. The van der Waals surface area contributed by atoms with Gasteiger partial charge in [-0.2, -0.15) is 5.10 Å². The van der Waals surface area contributed by atoms with Crippen LogP contribution in [0.4, 0.5) is 0 Å². The second kappa shape index (κ2) is 6.59. The summed E-state index contributed by atoms with van der Waals surface area (Å²) in [6.45, 7) is 7.48. The Kier molecular flexibility index (Phi) is 4.51. The molecule has 0 aliphatic carbocycles. The SMILES string of the molecule is Cc1nc2c(cnn2C(C)C)cc1C(=O)NCC(=O)N1CCCC1. The van der Waals surface area contributed by atoms with E-state index in [0.29, 0.717) is 11.3 Å². The van der Waals surface area contributed by atoms with Crippen LogP contribution in [0.5, 0.6) is 0 Å². The van der Waals surface area contributed by atoms with Crippen LogP contribution in [-0.4, -0.2) is 51.1 Å². The van der Waals surface area contributed by atoms with Crippen LogP contribution in [0.2, 0.25) is 0 Å². The molecule has 1 fully saturated rings. The third-order valence-corrected chi connectivity index (χ3v) is 4.35. The van der Waals surface area contributed by atoms with Gasteiger partial charge in [-0.3, -0.25) is 9.59 Å². The van der Waals surface area contributed by atoms with Crippen molar-refractivity contribution in [3.8, 4) is 0 Å². The van der Waals surface area contributed by atoms with E-state index in [9.17, 15) is 9.59 Å². The molecule has 3 rings (SSSR count). The number of aromatic nitrogens is 3. The quantitative estimate of drug-likeness (QED) is 0.925. The number of nitrogens with one attached hydrogen (secondary N) is 1. The van der Waals surface area contributed by atoms with E-state index in [0.717, 1.165) is 37.0 Å². The minimum Gasteiger partial charge on any atom is -0.343 e. The van der Waals surface area contributed by atoms with Crippen LogP contribution in [0.15, 0.2) is 12.3 Å². The molecule has 24 heavy (non-hydrogen) atoms. The third kappa shape index (κ3) is 3.11. The predicted molar refractivity (Wildman–Crippen MR) is 90.8 cm³/mol. The summed E-state index contributed by atoms with van der Waals surface area (Å²) < 4.78 is 1.83. The van der Waals surface area contributed by atoms with Gasteiger partial charge in [-0.05, 0) is 39.7 Å². The number of fused-ring (bicyclic) bond motifs is 1. The first kappa shape index (κ1) is 16.4. The normalized spacial score (nSPS) is 14.6. The molecule has 0 saturated carbocycles. The number of amides is 2. The molecule has 1 saturated heterocycles. The van der Waals surface area contributed by atoms with Gasteiger partial charge in [0.25, 0.3) is 5.91 Å². The van der Waals surface area contributed by atoms with Gasteiger partial charge in [0.05, 0.1) is 24.0 Å². The molecule has 0 spiro atoms. The zero-order valence-electron chi connectivity index (χ0n) is 14.4. The highest BCUT2D eigenvalue weighted by Gasteiger charge is 2.20. The molecule has 2 amide bonds. The fourth-order valence-corrected chi connectivity index (χ4v) is 3.00. The third-order valence-electron chi connectivity index (χ3n) is 4.35. The van der Waals surface area contributed by atoms with E-state index in [1.807, 2.05) is 18.5 Å². The molecule has 0 unspecified atom stereocenters. The minimum absolute atomic E-state index is 0.0276. The molecule has 1 N–H and O–H groups in total. The van der Waals surface area contributed by atoms with Crippen molar-refractivity contribution in [2.45, 2.75) is 39.7 Å². The Hall–Kier alpha value is -2.44. The smallest absolute Gasteiger partial charge is 0.253 e. The van der Waals surface area contributed by atoms with Crippen molar-refractivity contribution < 1.29 is 9.59 Å². The first-order valence-electron chi connectivity index (χ1n) is 8.38. The molecule has 7 heteroatoms. The standard InChI is InChI=1S/C17H23N5O2/c1-11(2)22-16-13(9-19-22)8-14(12(3)20-16)17(24)18-10-15(23)21-6-4-5-7-21/h8-9,11H,4-7,10H2,1-3H3,(H,18,24).